The van der Waals surface area contributed by atoms with Gasteiger partial charge in [-0.3, -0.25) is 19.3 Å². The predicted octanol–water partition coefficient (Wildman–Crippen LogP) is 5.06. The maximum Gasteiger partial charge on any atom is 0.259 e. The Labute approximate surface area is 223 Å². The molecule has 198 valence electrons. The molecule has 1 heterocycles. The van der Waals surface area contributed by atoms with E-state index in [2.05, 4.69) is 5.32 Å². The third-order valence-corrected chi connectivity index (χ3v) is 7.77. The lowest BCUT2D eigenvalue weighted by atomic mass is 9.95. The second-order valence-corrected chi connectivity index (χ2v) is 10.2. The molecule has 1 atom stereocenters. The minimum Gasteiger partial charge on any atom is -0.497 e. The van der Waals surface area contributed by atoms with Gasteiger partial charge >= 0.3 is 0 Å². The molecule has 3 amide bonds. The molecule has 5 rings (SSSR count). The van der Waals surface area contributed by atoms with Gasteiger partial charge in [-0.05, 0) is 54.5 Å². The van der Waals surface area contributed by atoms with Crippen molar-refractivity contribution in [3.05, 3.63) is 71.8 Å². The fraction of sp³-hybridized carbons (Fsp3) is 0.387. The molecule has 1 aliphatic heterocycles. The van der Waals surface area contributed by atoms with Gasteiger partial charge in [0.15, 0.2) is 0 Å². The number of ether oxygens (including phenoxy) is 1. The lowest BCUT2D eigenvalue weighted by Gasteiger charge is -2.34. The number of rotatable bonds is 9. The van der Waals surface area contributed by atoms with Crippen LogP contribution in [0, 0.1) is 0 Å². The van der Waals surface area contributed by atoms with Crippen molar-refractivity contribution < 1.29 is 19.1 Å². The molecule has 38 heavy (non-hydrogen) atoms. The Morgan fingerprint density at radius 3 is 2.53 bits per heavy atom. The fourth-order valence-electron chi connectivity index (χ4n) is 5.79. The number of methoxy groups -OCH3 is 1. The van der Waals surface area contributed by atoms with Gasteiger partial charge in [0.25, 0.3) is 5.91 Å². The summed E-state index contributed by atoms with van der Waals surface area (Å²) in [5.74, 6) is 0.100. The maximum absolute atomic E-state index is 14.0. The van der Waals surface area contributed by atoms with E-state index in [0.717, 1.165) is 47.7 Å². The van der Waals surface area contributed by atoms with Crippen molar-refractivity contribution in [1.82, 2.24) is 10.2 Å². The Morgan fingerprint density at radius 2 is 1.79 bits per heavy atom. The summed E-state index contributed by atoms with van der Waals surface area (Å²) in [7, 11) is 1.60. The van der Waals surface area contributed by atoms with Gasteiger partial charge in [0.1, 0.15) is 18.3 Å². The molecular formula is C31H35N3O4. The monoisotopic (exact) mass is 513 g/mol. The van der Waals surface area contributed by atoms with Gasteiger partial charge in [0.2, 0.25) is 11.8 Å². The van der Waals surface area contributed by atoms with Crippen molar-refractivity contribution in [1.29, 1.82) is 0 Å². The molecule has 1 saturated carbocycles. The van der Waals surface area contributed by atoms with Gasteiger partial charge in [0, 0.05) is 23.5 Å². The molecule has 7 heteroatoms. The first-order valence-corrected chi connectivity index (χ1v) is 13.6. The molecule has 0 radical (unpaired) electrons. The number of hydrogen-bond donors (Lipinski definition) is 1. The minimum atomic E-state index is -0.647. The van der Waals surface area contributed by atoms with E-state index in [1.807, 2.05) is 61.5 Å². The number of hydrogen-bond acceptors (Lipinski definition) is 4. The summed E-state index contributed by atoms with van der Waals surface area (Å²) in [6.07, 6.45) is 5.82. The van der Waals surface area contributed by atoms with Gasteiger partial charge in [-0.2, -0.15) is 0 Å². The standard InChI is InChI=1S/C31H35N3O4/c1-3-26(30(36)32-23-13-5-4-6-14-23)33(19-21-10-7-15-24(18-21)38-2)28(35)20-34-27-17-9-12-22-11-8-16-25(29(22)27)31(34)37/h7-12,15-18,23,26H,3-6,13-14,19-20H2,1-2H3,(H,32,36). The van der Waals surface area contributed by atoms with Crippen LogP contribution in [0.4, 0.5) is 5.69 Å². The summed E-state index contributed by atoms with van der Waals surface area (Å²) in [4.78, 5) is 44.1. The van der Waals surface area contributed by atoms with Crippen molar-refractivity contribution in [3.63, 3.8) is 0 Å². The quantitative estimate of drug-likeness (QED) is 0.434. The third-order valence-electron chi connectivity index (χ3n) is 7.77. The topological polar surface area (TPSA) is 79.0 Å². The molecule has 3 aromatic carbocycles. The van der Waals surface area contributed by atoms with Crippen LogP contribution < -0.4 is 15.0 Å². The molecule has 0 aromatic heterocycles. The zero-order chi connectivity index (χ0) is 26.6. The number of amides is 3. The Morgan fingerprint density at radius 1 is 1.05 bits per heavy atom. The molecule has 0 bridgehead atoms. The highest BCUT2D eigenvalue weighted by atomic mass is 16.5. The zero-order valence-corrected chi connectivity index (χ0v) is 22.1. The first kappa shape index (κ1) is 25.8. The second kappa shape index (κ2) is 11.3. The highest BCUT2D eigenvalue weighted by molar-refractivity contribution is 6.26. The lowest BCUT2D eigenvalue weighted by Crippen LogP contribution is -2.53. The maximum atomic E-state index is 14.0. The van der Waals surface area contributed by atoms with E-state index < -0.39 is 6.04 Å². The second-order valence-electron chi connectivity index (χ2n) is 10.2. The van der Waals surface area contributed by atoms with E-state index in [0.29, 0.717) is 17.7 Å². The van der Waals surface area contributed by atoms with Crippen LogP contribution in [0.2, 0.25) is 0 Å². The molecule has 1 N–H and O–H groups in total. The van der Waals surface area contributed by atoms with Crippen molar-refractivity contribution in [2.45, 2.75) is 64.1 Å². The predicted molar refractivity (Wildman–Crippen MR) is 148 cm³/mol. The molecule has 2 aliphatic rings. The van der Waals surface area contributed by atoms with E-state index in [1.165, 1.54) is 6.42 Å². The number of carbonyl (C=O) groups is 3. The molecule has 0 spiro atoms. The fourth-order valence-corrected chi connectivity index (χ4v) is 5.79. The summed E-state index contributed by atoms with van der Waals surface area (Å²) in [5, 5.41) is 5.05. The Bertz CT molecular complexity index is 1340. The van der Waals surface area contributed by atoms with Gasteiger partial charge in [0.05, 0.1) is 12.8 Å². The van der Waals surface area contributed by atoms with Crippen LogP contribution in [0.1, 0.15) is 61.4 Å². The van der Waals surface area contributed by atoms with Crippen LogP contribution in [0.15, 0.2) is 60.7 Å². The molecule has 1 fully saturated rings. The van der Waals surface area contributed by atoms with E-state index in [1.54, 1.807) is 23.0 Å². The summed E-state index contributed by atoms with van der Waals surface area (Å²) >= 11 is 0. The Kier molecular flexibility index (Phi) is 7.63. The van der Waals surface area contributed by atoms with Crippen LogP contribution in [0.5, 0.6) is 5.75 Å². The number of benzene rings is 3. The van der Waals surface area contributed by atoms with Crippen LogP contribution in [0.25, 0.3) is 10.8 Å². The van der Waals surface area contributed by atoms with Crippen molar-refractivity contribution in [2.24, 2.45) is 0 Å². The summed E-state index contributed by atoms with van der Waals surface area (Å²) in [6, 6.07) is 18.4. The molecule has 1 aliphatic carbocycles. The molecule has 3 aromatic rings. The van der Waals surface area contributed by atoms with E-state index >= 15 is 0 Å². The molecule has 1 unspecified atom stereocenters. The smallest absolute Gasteiger partial charge is 0.259 e. The normalized spacial score (nSPS) is 15.9. The number of nitrogens with zero attached hydrogens (tertiary/aromatic N) is 2. The summed E-state index contributed by atoms with van der Waals surface area (Å²) in [5.41, 5.74) is 2.20. The van der Waals surface area contributed by atoms with E-state index in [4.69, 9.17) is 4.74 Å². The van der Waals surface area contributed by atoms with Crippen LogP contribution in [-0.2, 0) is 16.1 Å². The van der Waals surface area contributed by atoms with E-state index in [-0.39, 0.29) is 36.9 Å². The van der Waals surface area contributed by atoms with Gasteiger partial charge in [-0.15, -0.1) is 0 Å². The molecule has 7 nitrogen and oxygen atoms in total. The van der Waals surface area contributed by atoms with Crippen LogP contribution in [-0.4, -0.2) is 48.4 Å². The number of carbonyl (C=O) groups excluding carboxylic acids is 3. The van der Waals surface area contributed by atoms with Crippen molar-refractivity contribution in [2.75, 3.05) is 18.6 Å². The van der Waals surface area contributed by atoms with Gasteiger partial charge in [-0.1, -0.05) is 62.6 Å². The summed E-state index contributed by atoms with van der Waals surface area (Å²) in [6.45, 7) is 2.03. The average Bonchev–Trinajstić information content (AvgIpc) is 3.21. The highest BCUT2D eigenvalue weighted by Gasteiger charge is 2.35. The summed E-state index contributed by atoms with van der Waals surface area (Å²) < 4.78 is 5.39. The molecular weight excluding hydrogens is 478 g/mol. The van der Waals surface area contributed by atoms with E-state index in [9.17, 15) is 14.4 Å². The SMILES string of the molecule is CCC(C(=O)NC1CCCCC1)N(Cc1cccc(OC)c1)C(=O)CN1C(=O)c2cccc3cccc1c23. The Hall–Kier alpha value is -3.87. The average molecular weight is 514 g/mol. The van der Waals surface area contributed by atoms with Crippen molar-refractivity contribution in [3.8, 4) is 5.75 Å². The van der Waals surface area contributed by atoms with Gasteiger partial charge in [-0.25, -0.2) is 0 Å². The van der Waals surface area contributed by atoms with Crippen LogP contribution >= 0.6 is 0 Å². The number of anilines is 1. The third kappa shape index (κ3) is 5.10. The lowest BCUT2D eigenvalue weighted by molar-refractivity contribution is -0.140. The largest absolute Gasteiger partial charge is 0.497 e. The van der Waals surface area contributed by atoms with Gasteiger partial charge < -0.3 is 15.0 Å². The Balaban J connectivity index is 1.43. The first-order valence-electron chi connectivity index (χ1n) is 13.6. The highest BCUT2D eigenvalue weighted by Crippen LogP contribution is 2.37. The minimum absolute atomic E-state index is 0.131. The van der Waals surface area contributed by atoms with Crippen molar-refractivity contribution >= 4 is 34.2 Å². The van der Waals surface area contributed by atoms with Crippen LogP contribution in [0.3, 0.4) is 0 Å². The first-order chi connectivity index (χ1) is 18.5. The zero-order valence-electron chi connectivity index (χ0n) is 22.1. The molecule has 0 saturated heterocycles. The number of nitrogens with one attached hydrogen (secondary N) is 1.